The normalized spacial score (nSPS) is 15.8. The van der Waals surface area contributed by atoms with Crippen LogP contribution in [0.3, 0.4) is 0 Å². The fourth-order valence-electron chi connectivity index (χ4n) is 2.67. The molecule has 1 saturated heterocycles. The first-order valence-corrected chi connectivity index (χ1v) is 10.5. The van der Waals surface area contributed by atoms with E-state index in [-0.39, 0.29) is 29.6 Å². The first-order chi connectivity index (χ1) is 12.5. The summed E-state index contributed by atoms with van der Waals surface area (Å²) in [5, 5.41) is 12.1. The highest BCUT2D eigenvalue weighted by molar-refractivity contribution is 7.99. The molecule has 0 unspecified atom stereocenters. The van der Waals surface area contributed by atoms with Crippen LogP contribution in [0.2, 0.25) is 0 Å². The highest BCUT2D eigenvalue weighted by Crippen LogP contribution is 2.18. The summed E-state index contributed by atoms with van der Waals surface area (Å²) in [5.74, 6) is 0.0492. The molecule has 0 spiro atoms. The van der Waals surface area contributed by atoms with E-state index in [4.69, 9.17) is 0 Å². The molecule has 9 heteroatoms. The van der Waals surface area contributed by atoms with Gasteiger partial charge in [-0.05, 0) is 30.0 Å². The molecule has 0 aliphatic carbocycles. The molecule has 1 amide bonds. The summed E-state index contributed by atoms with van der Waals surface area (Å²) >= 11 is 1.18. The molecule has 7 nitrogen and oxygen atoms in total. The zero-order valence-corrected chi connectivity index (χ0v) is 15.7. The van der Waals surface area contributed by atoms with E-state index in [9.17, 15) is 18.4 Å². The zero-order valence-electron chi connectivity index (χ0n) is 14.0. The molecule has 1 aromatic carbocycles. The van der Waals surface area contributed by atoms with Crippen LogP contribution in [0.25, 0.3) is 0 Å². The van der Waals surface area contributed by atoms with E-state index in [1.165, 1.54) is 22.3 Å². The van der Waals surface area contributed by atoms with Crippen LogP contribution in [0.15, 0.2) is 64.6 Å². The molecule has 2 aromatic rings. The Labute approximate surface area is 156 Å². The molecule has 0 atom stereocenters. The Kier molecular flexibility index (Phi) is 5.80. The van der Waals surface area contributed by atoms with E-state index in [0.717, 1.165) is 4.73 Å². The number of aromatic nitrogens is 1. The van der Waals surface area contributed by atoms with E-state index < -0.39 is 10.0 Å². The molecule has 2 heterocycles. The minimum atomic E-state index is -3.53. The van der Waals surface area contributed by atoms with Gasteiger partial charge in [0.05, 0.1) is 10.6 Å². The van der Waals surface area contributed by atoms with Crippen LogP contribution in [0, 0.1) is 5.21 Å². The average Bonchev–Trinajstić information content (AvgIpc) is 2.68. The summed E-state index contributed by atoms with van der Waals surface area (Å²) in [7, 11) is -3.53. The first-order valence-electron chi connectivity index (χ1n) is 8.12. The predicted molar refractivity (Wildman–Crippen MR) is 97.9 cm³/mol. The molecular weight excluding hydrogens is 374 g/mol. The van der Waals surface area contributed by atoms with Crippen LogP contribution in [0.4, 0.5) is 0 Å². The highest BCUT2D eigenvalue weighted by Gasteiger charge is 2.30. The van der Waals surface area contributed by atoms with E-state index >= 15 is 0 Å². The maximum atomic E-state index is 12.6. The van der Waals surface area contributed by atoms with Crippen LogP contribution >= 0.6 is 11.8 Å². The number of benzene rings is 1. The Bertz CT molecular complexity index is 867. The van der Waals surface area contributed by atoms with E-state index in [2.05, 4.69) is 0 Å². The summed E-state index contributed by atoms with van der Waals surface area (Å²) in [5.41, 5.74) is 0. The van der Waals surface area contributed by atoms with Crippen LogP contribution < -0.4 is 4.73 Å². The number of hydrogen-bond acceptors (Lipinski definition) is 5. The molecule has 0 saturated carbocycles. The van der Waals surface area contributed by atoms with Crippen LogP contribution in [0.5, 0.6) is 0 Å². The zero-order chi connectivity index (χ0) is 18.6. The second-order valence-corrected chi connectivity index (χ2v) is 8.68. The lowest BCUT2D eigenvalue weighted by Gasteiger charge is -2.33. The number of rotatable bonds is 5. The molecule has 1 aromatic heterocycles. The van der Waals surface area contributed by atoms with E-state index in [0.29, 0.717) is 18.1 Å². The topological polar surface area (TPSA) is 84.6 Å². The quantitative estimate of drug-likeness (QED) is 0.429. The molecule has 26 heavy (non-hydrogen) atoms. The van der Waals surface area contributed by atoms with Gasteiger partial charge in [-0.25, -0.2) is 8.42 Å². The Morgan fingerprint density at radius 3 is 2.35 bits per heavy atom. The molecule has 3 rings (SSSR count). The largest absolute Gasteiger partial charge is 0.618 e. The number of carbonyl (C=O) groups is 1. The summed E-state index contributed by atoms with van der Waals surface area (Å²) in [6.45, 7) is 1.22. The number of sulfonamides is 1. The SMILES string of the molecule is O=C(CSc1cccc[n+]1[O-])N1CCN(S(=O)(=O)c2ccccc2)CC1. The van der Waals surface area contributed by atoms with E-state index in [1.54, 1.807) is 53.4 Å². The standard InChI is InChI=1S/C17H19N3O4S2/c21-16(14-25-17-8-4-5-9-20(17)22)18-10-12-19(13-11-18)26(23,24)15-6-2-1-3-7-15/h1-9H,10-14H2. The van der Waals surface area contributed by atoms with Crippen molar-refractivity contribution in [2.45, 2.75) is 9.92 Å². The van der Waals surface area contributed by atoms with Crippen LogP contribution in [-0.2, 0) is 14.8 Å². The third-order valence-electron chi connectivity index (χ3n) is 4.10. The smallest absolute Gasteiger partial charge is 0.251 e. The Morgan fingerprint density at radius 2 is 1.69 bits per heavy atom. The maximum Gasteiger partial charge on any atom is 0.251 e. The van der Waals surface area contributed by atoms with Gasteiger partial charge in [-0.1, -0.05) is 18.2 Å². The lowest BCUT2D eigenvalue weighted by molar-refractivity contribution is -0.645. The summed E-state index contributed by atoms with van der Waals surface area (Å²) in [6, 6.07) is 13.3. The Morgan fingerprint density at radius 1 is 1.04 bits per heavy atom. The lowest BCUT2D eigenvalue weighted by Crippen LogP contribution is -2.51. The van der Waals surface area contributed by atoms with Crippen molar-refractivity contribution in [3.8, 4) is 0 Å². The number of amides is 1. The molecule has 1 aliphatic heterocycles. The van der Waals surface area contributed by atoms with Gasteiger partial charge < -0.3 is 10.1 Å². The van der Waals surface area contributed by atoms with Gasteiger partial charge in [-0.3, -0.25) is 4.79 Å². The number of carbonyl (C=O) groups excluding carboxylic acids is 1. The molecule has 0 N–H and O–H groups in total. The molecular formula is C17H19N3O4S2. The molecule has 138 valence electrons. The number of pyridine rings is 1. The van der Waals surface area contributed by atoms with Crippen molar-refractivity contribution in [3.05, 3.63) is 59.9 Å². The van der Waals surface area contributed by atoms with Gasteiger partial charge in [0.15, 0.2) is 6.20 Å². The molecule has 0 radical (unpaired) electrons. The summed E-state index contributed by atoms with van der Waals surface area (Å²) in [4.78, 5) is 14.2. The number of thioether (sulfide) groups is 1. The van der Waals surface area contributed by atoms with Crippen molar-refractivity contribution in [3.63, 3.8) is 0 Å². The van der Waals surface area contributed by atoms with Crippen molar-refractivity contribution in [1.29, 1.82) is 0 Å². The number of hydrogen-bond donors (Lipinski definition) is 0. The number of piperazine rings is 1. The minimum Gasteiger partial charge on any atom is -0.618 e. The maximum absolute atomic E-state index is 12.6. The van der Waals surface area contributed by atoms with Crippen molar-refractivity contribution in [2.75, 3.05) is 31.9 Å². The van der Waals surface area contributed by atoms with Gasteiger partial charge in [0.2, 0.25) is 15.9 Å². The van der Waals surface area contributed by atoms with Crippen LogP contribution in [0.1, 0.15) is 0 Å². The lowest BCUT2D eigenvalue weighted by atomic mass is 10.3. The fraction of sp³-hybridized carbons (Fsp3) is 0.294. The van der Waals surface area contributed by atoms with Gasteiger partial charge in [0, 0.05) is 38.3 Å². The second-order valence-electron chi connectivity index (χ2n) is 5.75. The third kappa shape index (κ3) is 4.17. The first kappa shape index (κ1) is 18.7. The second kappa shape index (κ2) is 8.07. The van der Waals surface area contributed by atoms with E-state index in [1.807, 2.05) is 0 Å². The van der Waals surface area contributed by atoms with Gasteiger partial charge in [0.1, 0.15) is 0 Å². The Balaban J connectivity index is 1.55. The van der Waals surface area contributed by atoms with Crippen LogP contribution in [-0.4, -0.2) is 55.5 Å². The Hall–Kier alpha value is -2.10. The van der Waals surface area contributed by atoms with Crippen molar-refractivity contribution >= 4 is 27.7 Å². The third-order valence-corrected chi connectivity index (χ3v) is 7.02. The van der Waals surface area contributed by atoms with Crippen molar-refractivity contribution in [1.82, 2.24) is 9.21 Å². The number of nitrogens with zero attached hydrogens (tertiary/aromatic N) is 3. The van der Waals surface area contributed by atoms with Crippen molar-refractivity contribution < 1.29 is 17.9 Å². The summed E-state index contributed by atoms with van der Waals surface area (Å²) in [6.07, 6.45) is 1.39. The van der Waals surface area contributed by atoms with Gasteiger partial charge in [-0.15, -0.1) is 0 Å². The monoisotopic (exact) mass is 393 g/mol. The van der Waals surface area contributed by atoms with Crippen molar-refractivity contribution in [2.24, 2.45) is 0 Å². The molecule has 1 fully saturated rings. The summed E-state index contributed by atoms with van der Waals surface area (Å²) < 4.78 is 27.3. The van der Waals surface area contributed by atoms with Gasteiger partial charge in [0.25, 0.3) is 5.03 Å². The average molecular weight is 393 g/mol. The van der Waals surface area contributed by atoms with Gasteiger partial charge in [-0.2, -0.15) is 9.04 Å². The molecule has 1 aliphatic rings. The fourth-order valence-corrected chi connectivity index (χ4v) is 4.93. The molecule has 0 bridgehead atoms. The predicted octanol–water partition coefficient (Wildman–Crippen LogP) is 0.945. The highest BCUT2D eigenvalue weighted by atomic mass is 32.2. The van der Waals surface area contributed by atoms with Gasteiger partial charge >= 0.3 is 0 Å². The minimum absolute atomic E-state index is 0.101.